The van der Waals surface area contributed by atoms with Gasteiger partial charge in [0.2, 0.25) is 0 Å². The molecular weight excluding hydrogens is 340 g/mol. The minimum absolute atomic E-state index is 0.0673. The fourth-order valence-electron chi connectivity index (χ4n) is 3.65. The van der Waals surface area contributed by atoms with E-state index in [9.17, 15) is 4.79 Å². The van der Waals surface area contributed by atoms with E-state index in [1.54, 1.807) is 25.5 Å². The normalized spacial score (nSPS) is 13.9. The van der Waals surface area contributed by atoms with Gasteiger partial charge in [-0.15, -0.1) is 0 Å². The molecule has 0 saturated carbocycles. The molecule has 0 fully saturated rings. The topological polar surface area (TPSA) is 54.7 Å². The van der Waals surface area contributed by atoms with Gasteiger partial charge < -0.3 is 19.4 Å². The van der Waals surface area contributed by atoms with Crippen LogP contribution in [0.25, 0.3) is 0 Å². The van der Waals surface area contributed by atoms with Gasteiger partial charge in [-0.1, -0.05) is 30.3 Å². The second-order valence-corrected chi connectivity index (χ2v) is 6.51. The second-order valence-electron chi connectivity index (χ2n) is 6.51. The van der Waals surface area contributed by atoms with E-state index in [1.807, 2.05) is 30.3 Å². The van der Waals surface area contributed by atoms with E-state index in [0.29, 0.717) is 17.9 Å². The maximum Gasteiger partial charge on any atom is 0.255 e. The zero-order valence-electron chi connectivity index (χ0n) is 15.2. The van der Waals surface area contributed by atoms with Crippen LogP contribution < -0.4 is 15.0 Å². The van der Waals surface area contributed by atoms with Gasteiger partial charge in [-0.2, -0.15) is 0 Å². The summed E-state index contributed by atoms with van der Waals surface area (Å²) in [5.41, 5.74) is 3.05. The van der Waals surface area contributed by atoms with Gasteiger partial charge in [0.15, 0.2) is 0 Å². The Kier molecular flexibility index (Phi) is 4.83. The van der Waals surface area contributed by atoms with Crippen LogP contribution in [0.15, 0.2) is 71.3 Å². The van der Waals surface area contributed by atoms with Gasteiger partial charge in [0.25, 0.3) is 5.91 Å². The van der Waals surface area contributed by atoms with Gasteiger partial charge in [0, 0.05) is 18.8 Å². The predicted molar refractivity (Wildman–Crippen MR) is 104 cm³/mol. The van der Waals surface area contributed by atoms with Crippen LogP contribution in [-0.2, 0) is 6.42 Å². The van der Waals surface area contributed by atoms with Crippen LogP contribution in [0.5, 0.6) is 5.75 Å². The van der Waals surface area contributed by atoms with Crippen LogP contribution in [0, 0.1) is 0 Å². The number of rotatable bonds is 6. The third-order valence-electron chi connectivity index (χ3n) is 4.98. The molecule has 1 N–H and O–H groups in total. The fraction of sp³-hybridized carbons (Fsp3) is 0.227. The van der Waals surface area contributed by atoms with Gasteiger partial charge in [0.05, 0.1) is 18.9 Å². The van der Waals surface area contributed by atoms with Gasteiger partial charge >= 0.3 is 0 Å². The largest absolute Gasteiger partial charge is 0.496 e. The third kappa shape index (κ3) is 3.40. The summed E-state index contributed by atoms with van der Waals surface area (Å²) >= 11 is 0. The molecule has 1 atom stereocenters. The van der Waals surface area contributed by atoms with E-state index in [0.717, 1.165) is 18.7 Å². The predicted octanol–water partition coefficient (Wildman–Crippen LogP) is 3.82. The number of furan rings is 1. The van der Waals surface area contributed by atoms with Gasteiger partial charge in [0.1, 0.15) is 17.6 Å². The van der Waals surface area contributed by atoms with Crippen LogP contribution in [0.2, 0.25) is 0 Å². The first-order valence-corrected chi connectivity index (χ1v) is 9.07. The molecule has 0 aliphatic carbocycles. The van der Waals surface area contributed by atoms with E-state index in [1.165, 1.54) is 11.3 Å². The van der Waals surface area contributed by atoms with Crippen LogP contribution in [0.4, 0.5) is 5.69 Å². The fourth-order valence-corrected chi connectivity index (χ4v) is 3.65. The highest BCUT2D eigenvalue weighted by Gasteiger charge is 2.29. The van der Waals surface area contributed by atoms with Crippen LogP contribution in [0.1, 0.15) is 27.7 Å². The molecule has 2 aromatic carbocycles. The maximum absolute atomic E-state index is 12.7. The SMILES string of the molecule is COc1ccccc1C(=O)NC[C@@H](c1ccco1)N1CCc2ccccc21. The number of para-hydroxylation sites is 2. The van der Waals surface area contributed by atoms with Crippen molar-refractivity contribution in [3.63, 3.8) is 0 Å². The Hall–Kier alpha value is -3.21. The molecule has 5 nitrogen and oxygen atoms in total. The van der Waals surface area contributed by atoms with Crippen molar-refractivity contribution < 1.29 is 13.9 Å². The Morgan fingerprint density at radius 1 is 1.15 bits per heavy atom. The number of carbonyl (C=O) groups excluding carboxylic acids is 1. The first-order chi connectivity index (χ1) is 13.3. The number of hydrogen-bond acceptors (Lipinski definition) is 4. The molecule has 0 bridgehead atoms. The van der Waals surface area contributed by atoms with Crippen molar-refractivity contribution in [2.24, 2.45) is 0 Å². The summed E-state index contributed by atoms with van der Waals surface area (Å²) in [4.78, 5) is 15.0. The number of carbonyl (C=O) groups is 1. The van der Waals surface area contributed by atoms with Crippen LogP contribution in [0.3, 0.4) is 0 Å². The van der Waals surface area contributed by atoms with E-state index >= 15 is 0 Å². The number of hydrogen-bond donors (Lipinski definition) is 1. The average molecular weight is 362 g/mol. The minimum Gasteiger partial charge on any atom is -0.496 e. The van der Waals surface area contributed by atoms with Crippen molar-refractivity contribution in [3.05, 3.63) is 83.8 Å². The van der Waals surface area contributed by atoms with Gasteiger partial charge in [-0.05, 0) is 42.3 Å². The van der Waals surface area contributed by atoms with Crippen molar-refractivity contribution in [3.8, 4) is 5.75 Å². The molecule has 1 aliphatic heterocycles. The summed E-state index contributed by atoms with van der Waals surface area (Å²) in [5.74, 6) is 1.25. The molecule has 0 saturated heterocycles. The van der Waals surface area contributed by atoms with Crippen molar-refractivity contribution in [1.29, 1.82) is 0 Å². The monoisotopic (exact) mass is 362 g/mol. The Bertz CT molecular complexity index is 921. The lowest BCUT2D eigenvalue weighted by atomic mass is 10.1. The summed E-state index contributed by atoms with van der Waals surface area (Å²) < 4.78 is 11.0. The summed E-state index contributed by atoms with van der Waals surface area (Å²) in [6, 6.07) is 19.4. The Morgan fingerprint density at radius 3 is 2.78 bits per heavy atom. The van der Waals surface area contributed by atoms with Crippen molar-refractivity contribution in [1.82, 2.24) is 5.32 Å². The molecule has 27 heavy (non-hydrogen) atoms. The molecule has 2 heterocycles. The van der Waals surface area contributed by atoms with Gasteiger partial charge in [-0.25, -0.2) is 0 Å². The second kappa shape index (κ2) is 7.58. The number of nitrogens with one attached hydrogen (secondary N) is 1. The number of methoxy groups -OCH3 is 1. The number of nitrogens with zero attached hydrogens (tertiary/aromatic N) is 1. The number of benzene rings is 2. The third-order valence-corrected chi connectivity index (χ3v) is 4.98. The quantitative estimate of drug-likeness (QED) is 0.724. The lowest BCUT2D eigenvalue weighted by Gasteiger charge is -2.29. The Balaban J connectivity index is 1.56. The highest BCUT2D eigenvalue weighted by molar-refractivity contribution is 5.96. The Morgan fingerprint density at radius 2 is 1.96 bits per heavy atom. The first kappa shape index (κ1) is 17.2. The molecular formula is C22H22N2O3. The lowest BCUT2D eigenvalue weighted by Crippen LogP contribution is -2.37. The number of anilines is 1. The summed E-state index contributed by atoms with van der Waals surface area (Å²) in [6.45, 7) is 1.34. The summed E-state index contributed by atoms with van der Waals surface area (Å²) in [6.07, 6.45) is 2.67. The highest BCUT2D eigenvalue weighted by atomic mass is 16.5. The lowest BCUT2D eigenvalue weighted by molar-refractivity contribution is 0.0947. The molecule has 0 unspecified atom stereocenters. The molecule has 1 amide bonds. The molecule has 1 aromatic heterocycles. The van der Waals surface area contributed by atoms with E-state index in [4.69, 9.17) is 9.15 Å². The number of ether oxygens (including phenoxy) is 1. The minimum atomic E-state index is -0.156. The highest BCUT2D eigenvalue weighted by Crippen LogP contribution is 2.35. The molecule has 1 aliphatic rings. The van der Waals surface area contributed by atoms with Crippen molar-refractivity contribution in [2.45, 2.75) is 12.5 Å². The Labute approximate surface area is 158 Å². The van der Waals surface area contributed by atoms with E-state index < -0.39 is 0 Å². The van der Waals surface area contributed by atoms with Crippen molar-refractivity contribution >= 4 is 11.6 Å². The van der Waals surface area contributed by atoms with Gasteiger partial charge in [-0.3, -0.25) is 4.79 Å². The number of amides is 1. The van der Waals surface area contributed by atoms with E-state index in [-0.39, 0.29) is 11.9 Å². The molecule has 0 radical (unpaired) electrons. The molecule has 138 valence electrons. The maximum atomic E-state index is 12.7. The van der Waals surface area contributed by atoms with Crippen molar-refractivity contribution in [2.75, 3.05) is 25.1 Å². The standard InChI is InChI=1S/C22H22N2O3/c1-26-20-10-5-3-8-17(20)22(25)23-15-19(21-11-6-14-27-21)24-13-12-16-7-2-4-9-18(16)24/h2-11,14,19H,12-13,15H2,1H3,(H,23,25)/t19-/m0/s1. The summed E-state index contributed by atoms with van der Waals surface area (Å²) in [5, 5.41) is 3.05. The molecule has 4 rings (SSSR count). The zero-order chi connectivity index (χ0) is 18.6. The average Bonchev–Trinajstić information content (AvgIpc) is 3.39. The smallest absolute Gasteiger partial charge is 0.255 e. The molecule has 0 spiro atoms. The zero-order valence-corrected chi connectivity index (χ0v) is 15.2. The number of fused-ring (bicyclic) bond motifs is 1. The van der Waals surface area contributed by atoms with Crippen LogP contribution >= 0.6 is 0 Å². The first-order valence-electron chi connectivity index (χ1n) is 9.07. The summed E-state index contributed by atoms with van der Waals surface area (Å²) in [7, 11) is 1.57. The molecule has 3 aromatic rings. The molecule has 5 heteroatoms. The van der Waals surface area contributed by atoms with E-state index in [2.05, 4.69) is 28.4 Å². The van der Waals surface area contributed by atoms with Crippen LogP contribution in [-0.4, -0.2) is 26.1 Å².